The molecule has 2 aromatic rings. The minimum absolute atomic E-state index is 0.231. The largest absolute Gasteiger partial charge is 0.382 e. The Morgan fingerprint density at radius 3 is 2.03 bits per heavy atom. The van der Waals surface area contributed by atoms with Crippen molar-refractivity contribution in [3.63, 3.8) is 0 Å². The van der Waals surface area contributed by atoms with Gasteiger partial charge in [-0.3, -0.25) is 0 Å². The molecule has 8 heteroatoms. The molecule has 0 radical (unpaired) electrons. The van der Waals surface area contributed by atoms with Crippen LogP contribution in [-0.4, -0.2) is 19.6 Å². The van der Waals surface area contributed by atoms with Crippen molar-refractivity contribution in [1.29, 1.82) is 5.26 Å². The van der Waals surface area contributed by atoms with E-state index in [1.165, 1.54) is 25.7 Å². The van der Waals surface area contributed by atoms with Gasteiger partial charge < -0.3 is 5.73 Å². The molecule has 0 atom stereocenters. The van der Waals surface area contributed by atoms with Gasteiger partial charge in [0.1, 0.15) is 17.5 Å². The summed E-state index contributed by atoms with van der Waals surface area (Å²) >= 11 is 0. The first-order valence-electron chi connectivity index (χ1n) is 12.0. The summed E-state index contributed by atoms with van der Waals surface area (Å²) in [6.45, 7) is 14.0. The lowest BCUT2D eigenvalue weighted by atomic mass is 9.91. The molecule has 0 aliphatic rings. The fourth-order valence-corrected chi connectivity index (χ4v) is 3.67. The number of nitrogen functional groups attached to an aromatic ring is 1. The lowest BCUT2D eigenvalue weighted by Crippen LogP contribution is -2.13. The summed E-state index contributed by atoms with van der Waals surface area (Å²) < 4.78 is 3.65. The minimum Gasteiger partial charge on any atom is -0.382 e. The smallest absolute Gasteiger partial charge is 0.191 e. The first kappa shape index (κ1) is 25.6. The zero-order valence-electron chi connectivity index (χ0n) is 20.8. The number of aryl methyl sites for hydroxylation is 3. The fraction of sp³-hybridized carbons (Fsp3) is 0.708. The predicted octanol–water partition coefficient (Wildman–Crippen LogP) is 6.72. The highest BCUT2D eigenvalue weighted by molar-refractivity contribution is 5.63. The zero-order chi connectivity index (χ0) is 23.7. The summed E-state index contributed by atoms with van der Waals surface area (Å²) in [5, 5.41) is 28.0. The van der Waals surface area contributed by atoms with Crippen molar-refractivity contribution in [2.75, 3.05) is 5.73 Å². The third-order valence-corrected chi connectivity index (χ3v) is 5.58. The van der Waals surface area contributed by atoms with Gasteiger partial charge in [-0.25, -0.2) is 9.36 Å². The Labute approximate surface area is 192 Å². The highest BCUT2D eigenvalue weighted by atomic mass is 15.4. The molecule has 32 heavy (non-hydrogen) atoms. The molecule has 0 saturated carbocycles. The van der Waals surface area contributed by atoms with Crippen LogP contribution in [0.2, 0.25) is 0 Å². The Kier molecular flexibility index (Phi) is 9.42. The molecule has 0 aliphatic carbocycles. The molecule has 8 nitrogen and oxygen atoms in total. The van der Waals surface area contributed by atoms with Gasteiger partial charge in [-0.15, -0.1) is 10.2 Å². The summed E-state index contributed by atoms with van der Waals surface area (Å²) in [7, 11) is 0. The van der Waals surface area contributed by atoms with Crippen LogP contribution in [0.5, 0.6) is 0 Å². The van der Waals surface area contributed by atoms with Crippen LogP contribution in [0.15, 0.2) is 10.2 Å². The van der Waals surface area contributed by atoms with Gasteiger partial charge in [-0.1, -0.05) is 73.1 Å². The van der Waals surface area contributed by atoms with E-state index in [9.17, 15) is 5.26 Å². The van der Waals surface area contributed by atoms with Crippen molar-refractivity contribution in [2.24, 2.45) is 10.2 Å². The number of azo groups is 1. The van der Waals surface area contributed by atoms with Crippen molar-refractivity contribution in [2.45, 2.75) is 111 Å². The number of nitrogens with zero attached hydrogens (tertiary/aromatic N) is 7. The van der Waals surface area contributed by atoms with Crippen molar-refractivity contribution < 1.29 is 0 Å². The van der Waals surface area contributed by atoms with Crippen LogP contribution in [0.25, 0.3) is 0 Å². The van der Waals surface area contributed by atoms with E-state index in [0.29, 0.717) is 28.6 Å². The highest BCUT2D eigenvalue weighted by Crippen LogP contribution is 2.37. The zero-order valence-corrected chi connectivity index (χ0v) is 20.8. The van der Waals surface area contributed by atoms with Crippen molar-refractivity contribution >= 4 is 17.3 Å². The molecule has 0 fully saturated rings. The van der Waals surface area contributed by atoms with Gasteiger partial charge in [-0.05, 0) is 19.8 Å². The van der Waals surface area contributed by atoms with Crippen LogP contribution in [0, 0.1) is 18.3 Å². The lowest BCUT2D eigenvalue weighted by molar-refractivity contribution is 0.511. The van der Waals surface area contributed by atoms with Crippen molar-refractivity contribution in [3.05, 3.63) is 17.0 Å². The number of aromatic nitrogens is 4. The SMILES string of the molecule is CCCCCCn1nc(C(C)(C)C)c(N=Nc2c(C#N)c(C)nn2CCCCCC)c1N. The molecule has 2 heterocycles. The van der Waals surface area contributed by atoms with Crippen LogP contribution < -0.4 is 5.73 Å². The average molecular weight is 441 g/mol. The molecule has 2 aromatic heterocycles. The number of anilines is 1. The summed E-state index contributed by atoms with van der Waals surface area (Å²) in [5.41, 5.74) is 8.78. The van der Waals surface area contributed by atoms with Crippen LogP contribution in [0.4, 0.5) is 17.3 Å². The molecule has 0 aliphatic heterocycles. The molecule has 0 saturated heterocycles. The Morgan fingerprint density at radius 2 is 1.50 bits per heavy atom. The average Bonchev–Trinajstić information content (AvgIpc) is 3.22. The molecule has 0 bridgehead atoms. The standard InChI is InChI=1S/C24H40N8/c1-7-9-11-13-15-31-22(26)20(21(30-31)24(4,5)6)27-28-23-19(17-25)18(3)29-32(23)16-14-12-10-8-2/h7-16,26H2,1-6H3. The predicted molar refractivity (Wildman–Crippen MR) is 129 cm³/mol. The van der Waals surface area contributed by atoms with Gasteiger partial charge in [0.2, 0.25) is 0 Å². The lowest BCUT2D eigenvalue weighted by Gasteiger charge is -2.15. The molecular formula is C24H40N8. The second-order valence-electron chi connectivity index (χ2n) is 9.50. The van der Waals surface area contributed by atoms with E-state index in [1.54, 1.807) is 4.68 Å². The number of hydrogen-bond donors (Lipinski definition) is 1. The Morgan fingerprint density at radius 1 is 0.906 bits per heavy atom. The molecule has 0 aromatic carbocycles. The highest BCUT2D eigenvalue weighted by Gasteiger charge is 2.26. The molecule has 2 rings (SSSR count). The molecule has 2 N–H and O–H groups in total. The Hall–Kier alpha value is -2.69. The van der Waals surface area contributed by atoms with E-state index in [0.717, 1.165) is 44.5 Å². The maximum Gasteiger partial charge on any atom is 0.191 e. The third-order valence-electron chi connectivity index (χ3n) is 5.58. The van der Waals surface area contributed by atoms with E-state index in [2.05, 4.69) is 56.0 Å². The summed E-state index contributed by atoms with van der Waals surface area (Å²) in [6, 6.07) is 2.24. The van der Waals surface area contributed by atoms with Crippen LogP contribution in [-0.2, 0) is 18.5 Å². The second-order valence-corrected chi connectivity index (χ2v) is 9.50. The maximum absolute atomic E-state index is 9.66. The van der Waals surface area contributed by atoms with Gasteiger partial charge >= 0.3 is 0 Å². The van der Waals surface area contributed by atoms with E-state index in [4.69, 9.17) is 10.8 Å². The number of hydrogen-bond acceptors (Lipinski definition) is 6. The summed E-state index contributed by atoms with van der Waals surface area (Å²) in [5.74, 6) is 1.02. The van der Waals surface area contributed by atoms with Gasteiger partial charge in [0.15, 0.2) is 11.5 Å². The topological polar surface area (TPSA) is 110 Å². The first-order valence-corrected chi connectivity index (χ1v) is 12.0. The van der Waals surface area contributed by atoms with Crippen LogP contribution in [0.3, 0.4) is 0 Å². The molecule has 0 spiro atoms. The first-order chi connectivity index (χ1) is 15.2. The number of rotatable bonds is 12. The molecular weight excluding hydrogens is 400 g/mol. The van der Waals surface area contributed by atoms with Crippen molar-refractivity contribution in [1.82, 2.24) is 19.6 Å². The summed E-state index contributed by atoms with van der Waals surface area (Å²) in [4.78, 5) is 0. The van der Waals surface area contributed by atoms with E-state index < -0.39 is 0 Å². The van der Waals surface area contributed by atoms with Crippen LogP contribution in [0.1, 0.15) is 103 Å². The molecule has 0 amide bonds. The van der Waals surface area contributed by atoms with Gasteiger partial charge in [0, 0.05) is 18.5 Å². The Bertz CT molecular complexity index is 937. The van der Waals surface area contributed by atoms with Gasteiger partial charge in [0.05, 0.1) is 11.4 Å². The van der Waals surface area contributed by atoms with E-state index in [1.807, 2.05) is 11.6 Å². The fourth-order valence-electron chi connectivity index (χ4n) is 3.67. The minimum atomic E-state index is -0.231. The normalized spacial score (nSPS) is 12.0. The second kappa shape index (κ2) is 11.8. The number of unbranched alkanes of at least 4 members (excludes halogenated alkanes) is 6. The van der Waals surface area contributed by atoms with Gasteiger partial charge in [0.25, 0.3) is 0 Å². The number of nitriles is 1. The summed E-state index contributed by atoms with van der Waals surface area (Å²) in [6.07, 6.45) is 9.05. The Balaban J connectivity index is 2.37. The van der Waals surface area contributed by atoms with Crippen molar-refractivity contribution in [3.8, 4) is 6.07 Å². The monoisotopic (exact) mass is 440 g/mol. The van der Waals surface area contributed by atoms with E-state index >= 15 is 0 Å². The van der Waals surface area contributed by atoms with E-state index in [-0.39, 0.29) is 5.41 Å². The molecule has 0 unspecified atom stereocenters. The number of nitrogens with two attached hydrogens (primary N) is 1. The van der Waals surface area contributed by atoms with Crippen LogP contribution >= 0.6 is 0 Å². The maximum atomic E-state index is 9.66. The quantitative estimate of drug-likeness (QED) is 0.292. The van der Waals surface area contributed by atoms with Gasteiger partial charge in [-0.2, -0.15) is 15.5 Å². The third kappa shape index (κ3) is 6.41. The molecule has 176 valence electrons.